The molecule has 0 aliphatic heterocycles. The Bertz CT molecular complexity index is 323. The first-order valence-electron chi connectivity index (χ1n) is 4.20. The molecule has 1 N–H and O–H groups in total. The lowest BCUT2D eigenvalue weighted by molar-refractivity contribution is 0.0988. The molecule has 1 aromatic carbocycles. The smallest absolute Gasteiger partial charge is 0.164 e. The minimum atomic E-state index is -0.387. The van der Waals surface area contributed by atoms with Gasteiger partial charge in [-0.25, -0.2) is 4.39 Å². The van der Waals surface area contributed by atoms with Crippen molar-refractivity contribution in [2.75, 3.05) is 12.4 Å². The van der Waals surface area contributed by atoms with Crippen molar-refractivity contribution in [1.82, 2.24) is 0 Å². The second-order valence-corrected chi connectivity index (χ2v) is 2.69. The highest BCUT2D eigenvalue weighted by molar-refractivity contribution is 6.01. The van der Waals surface area contributed by atoms with E-state index in [4.69, 9.17) is 0 Å². The predicted octanol–water partition coefficient (Wildman–Crippen LogP) is 2.46. The Morgan fingerprint density at radius 1 is 1.54 bits per heavy atom. The number of carbonyl (C=O) groups is 1. The molecule has 0 saturated carbocycles. The minimum Gasteiger partial charge on any atom is -0.385 e. The van der Waals surface area contributed by atoms with E-state index < -0.39 is 0 Å². The Morgan fingerprint density at radius 3 is 2.77 bits per heavy atom. The summed E-state index contributed by atoms with van der Waals surface area (Å²) in [6.45, 7) is 1.76. The maximum Gasteiger partial charge on any atom is 0.164 e. The number of hydrogen-bond donors (Lipinski definition) is 1. The number of carbonyl (C=O) groups excluding carboxylic acids is 1. The highest BCUT2D eigenvalue weighted by atomic mass is 19.1. The summed E-state index contributed by atoms with van der Waals surface area (Å²) >= 11 is 0. The monoisotopic (exact) mass is 181 g/mol. The van der Waals surface area contributed by atoms with Gasteiger partial charge in [-0.05, 0) is 12.1 Å². The summed E-state index contributed by atoms with van der Waals surface area (Å²) in [6.07, 6.45) is 0.387. The Hall–Kier alpha value is -1.38. The molecule has 0 spiro atoms. The second-order valence-electron chi connectivity index (χ2n) is 2.69. The van der Waals surface area contributed by atoms with Crippen LogP contribution < -0.4 is 5.32 Å². The van der Waals surface area contributed by atoms with E-state index in [1.165, 1.54) is 6.07 Å². The van der Waals surface area contributed by atoms with Gasteiger partial charge in [-0.1, -0.05) is 13.0 Å². The van der Waals surface area contributed by atoms with Gasteiger partial charge in [0.05, 0.1) is 5.69 Å². The lowest BCUT2D eigenvalue weighted by Crippen LogP contribution is -2.04. The first kappa shape index (κ1) is 9.71. The largest absolute Gasteiger partial charge is 0.385 e. The quantitative estimate of drug-likeness (QED) is 0.726. The van der Waals surface area contributed by atoms with Crippen molar-refractivity contribution >= 4 is 11.5 Å². The zero-order chi connectivity index (χ0) is 9.84. The number of rotatable bonds is 3. The Labute approximate surface area is 76.8 Å². The van der Waals surface area contributed by atoms with E-state index in [1.54, 1.807) is 26.1 Å². The number of Topliss-reactive ketones (excluding diaryl/α,β-unsaturated/α-hetero) is 1. The van der Waals surface area contributed by atoms with Gasteiger partial charge in [0.1, 0.15) is 5.82 Å². The summed E-state index contributed by atoms with van der Waals surface area (Å²) in [4.78, 5) is 11.3. The Morgan fingerprint density at radius 2 is 2.23 bits per heavy atom. The molecular formula is C10H12FNO. The van der Waals surface area contributed by atoms with Crippen molar-refractivity contribution in [3.63, 3.8) is 0 Å². The number of anilines is 1. The van der Waals surface area contributed by atoms with Crippen molar-refractivity contribution in [2.45, 2.75) is 13.3 Å². The van der Waals surface area contributed by atoms with Crippen LogP contribution in [-0.2, 0) is 0 Å². The minimum absolute atomic E-state index is 0.0520. The van der Waals surface area contributed by atoms with E-state index in [1.807, 2.05) is 0 Å². The van der Waals surface area contributed by atoms with Crippen LogP contribution in [0.3, 0.4) is 0 Å². The fourth-order valence-electron chi connectivity index (χ4n) is 1.20. The fraction of sp³-hybridized carbons (Fsp3) is 0.300. The van der Waals surface area contributed by atoms with Crippen LogP contribution in [0.15, 0.2) is 18.2 Å². The lowest BCUT2D eigenvalue weighted by Gasteiger charge is -2.07. The number of benzene rings is 1. The van der Waals surface area contributed by atoms with Gasteiger partial charge in [0.15, 0.2) is 5.78 Å². The molecule has 0 aliphatic carbocycles. The molecule has 0 unspecified atom stereocenters. The van der Waals surface area contributed by atoms with Crippen molar-refractivity contribution in [1.29, 1.82) is 0 Å². The summed E-state index contributed by atoms with van der Waals surface area (Å²) in [6, 6.07) is 4.50. The van der Waals surface area contributed by atoms with E-state index in [9.17, 15) is 9.18 Å². The van der Waals surface area contributed by atoms with E-state index in [2.05, 4.69) is 5.32 Å². The maximum absolute atomic E-state index is 13.1. The fourth-order valence-corrected chi connectivity index (χ4v) is 1.20. The second kappa shape index (κ2) is 4.03. The number of hydrogen-bond acceptors (Lipinski definition) is 2. The van der Waals surface area contributed by atoms with E-state index in [0.717, 1.165) is 0 Å². The first-order chi connectivity index (χ1) is 6.20. The average Bonchev–Trinajstić information content (AvgIpc) is 2.16. The molecule has 0 heterocycles. The van der Waals surface area contributed by atoms with Crippen molar-refractivity contribution in [2.24, 2.45) is 0 Å². The topological polar surface area (TPSA) is 29.1 Å². The summed E-state index contributed by atoms with van der Waals surface area (Å²) in [5.74, 6) is -0.439. The van der Waals surface area contributed by atoms with Crippen LogP contribution >= 0.6 is 0 Å². The van der Waals surface area contributed by atoms with Gasteiger partial charge >= 0.3 is 0 Å². The normalized spacial score (nSPS) is 9.77. The van der Waals surface area contributed by atoms with Crippen LogP contribution in [0.5, 0.6) is 0 Å². The third-order valence-corrected chi connectivity index (χ3v) is 1.89. The zero-order valence-corrected chi connectivity index (χ0v) is 7.73. The van der Waals surface area contributed by atoms with Crippen molar-refractivity contribution < 1.29 is 9.18 Å². The first-order valence-corrected chi connectivity index (χ1v) is 4.20. The highest BCUT2D eigenvalue weighted by Crippen LogP contribution is 2.20. The summed E-state index contributed by atoms with van der Waals surface area (Å²) in [5, 5.41) is 2.68. The molecule has 0 amide bonds. The van der Waals surface area contributed by atoms with E-state index in [0.29, 0.717) is 12.0 Å². The summed E-state index contributed by atoms with van der Waals surface area (Å²) in [5.41, 5.74) is 0.708. The SMILES string of the molecule is CCC(=O)c1cccc(F)c1NC. The number of para-hydroxylation sites is 1. The lowest BCUT2D eigenvalue weighted by atomic mass is 10.1. The summed E-state index contributed by atoms with van der Waals surface area (Å²) < 4.78 is 13.1. The van der Waals surface area contributed by atoms with Crippen LogP contribution in [0.1, 0.15) is 23.7 Å². The molecule has 0 radical (unpaired) electrons. The van der Waals surface area contributed by atoms with E-state index >= 15 is 0 Å². The molecule has 0 saturated heterocycles. The van der Waals surface area contributed by atoms with Crippen molar-refractivity contribution in [3.8, 4) is 0 Å². The molecule has 0 atom stereocenters. The van der Waals surface area contributed by atoms with Crippen LogP contribution in [-0.4, -0.2) is 12.8 Å². The molecule has 2 nitrogen and oxygen atoms in total. The summed E-state index contributed by atoms with van der Waals surface area (Å²) in [7, 11) is 1.60. The number of nitrogens with one attached hydrogen (secondary N) is 1. The number of ketones is 1. The molecule has 0 aliphatic rings. The molecule has 3 heteroatoms. The molecule has 1 aromatic rings. The molecule has 0 aromatic heterocycles. The van der Waals surface area contributed by atoms with Gasteiger partial charge in [0, 0.05) is 19.0 Å². The van der Waals surface area contributed by atoms with Crippen LogP contribution in [0.4, 0.5) is 10.1 Å². The Balaban J connectivity index is 3.20. The molecule has 70 valence electrons. The maximum atomic E-state index is 13.1. The standard InChI is InChI=1S/C10H12FNO/c1-3-9(13)7-5-4-6-8(11)10(7)12-2/h4-6,12H,3H2,1-2H3. The molecule has 1 rings (SSSR count). The molecular weight excluding hydrogens is 169 g/mol. The van der Waals surface area contributed by atoms with Gasteiger partial charge in [-0.15, -0.1) is 0 Å². The zero-order valence-electron chi connectivity index (χ0n) is 7.73. The van der Waals surface area contributed by atoms with Gasteiger partial charge in [-0.2, -0.15) is 0 Å². The molecule has 13 heavy (non-hydrogen) atoms. The predicted molar refractivity (Wildman–Crippen MR) is 50.6 cm³/mol. The van der Waals surface area contributed by atoms with Crippen LogP contribution in [0.25, 0.3) is 0 Å². The van der Waals surface area contributed by atoms with Gasteiger partial charge in [-0.3, -0.25) is 4.79 Å². The van der Waals surface area contributed by atoms with E-state index in [-0.39, 0.29) is 17.3 Å². The third-order valence-electron chi connectivity index (χ3n) is 1.89. The van der Waals surface area contributed by atoms with Crippen LogP contribution in [0, 0.1) is 5.82 Å². The molecule has 0 fully saturated rings. The van der Waals surface area contributed by atoms with Gasteiger partial charge in [0.2, 0.25) is 0 Å². The average molecular weight is 181 g/mol. The molecule has 0 bridgehead atoms. The Kier molecular flexibility index (Phi) is 3.01. The van der Waals surface area contributed by atoms with Gasteiger partial charge in [0.25, 0.3) is 0 Å². The number of halogens is 1. The highest BCUT2D eigenvalue weighted by Gasteiger charge is 2.11. The van der Waals surface area contributed by atoms with Crippen molar-refractivity contribution in [3.05, 3.63) is 29.6 Å². The third kappa shape index (κ3) is 1.86. The van der Waals surface area contributed by atoms with Gasteiger partial charge < -0.3 is 5.32 Å². The van der Waals surface area contributed by atoms with Crippen LogP contribution in [0.2, 0.25) is 0 Å².